The lowest BCUT2D eigenvalue weighted by Gasteiger charge is -2.19. The van der Waals surface area contributed by atoms with E-state index in [4.69, 9.17) is 0 Å². The van der Waals surface area contributed by atoms with Crippen LogP contribution < -0.4 is 4.90 Å². The van der Waals surface area contributed by atoms with Gasteiger partial charge in [0.2, 0.25) is 11.8 Å². The zero-order valence-electron chi connectivity index (χ0n) is 12.7. The van der Waals surface area contributed by atoms with Gasteiger partial charge in [-0.15, -0.1) is 0 Å². The van der Waals surface area contributed by atoms with Crippen LogP contribution in [0.2, 0.25) is 0 Å². The van der Waals surface area contributed by atoms with Crippen LogP contribution in [0.3, 0.4) is 0 Å². The minimum atomic E-state index is -0.322. The summed E-state index contributed by atoms with van der Waals surface area (Å²) >= 11 is 0. The molecule has 3 rings (SSSR count). The fraction of sp³-hybridized carbons (Fsp3) is 0.278. The Kier molecular flexibility index (Phi) is 3.75. The van der Waals surface area contributed by atoms with Crippen molar-refractivity contribution in [3.8, 4) is 0 Å². The van der Waals surface area contributed by atoms with E-state index in [-0.39, 0.29) is 30.1 Å². The van der Waals surface area contributed by atoms with E-state index in [1.165, 1.54) is 4.90 Å². The number of amides is 2. The third-order valence-corrected chi connectivity index (χ3v) is 4.21. The maximum atomic E-state index is 12.7. The minimum absolute atomic E-state index is 0.00691. The van der Waals surface area contributed by atoms with Crippen LogP contribution in [-0.2, 0) is 9.59 Å². The van der Waals surface area contributed by atoms with Gasteiger partial charge in [-0.3, -0.25) is 9.59 Å². The van der Waals surface area contributed by atoms with Gasteiger partial charge in [-0.2, -0.15) is 0 Å². The first-order valence-electron chi connectivity index (χ1n) is 7.43. The Hall–Kier alpha value is -2.49. The first-order valence-corrected chi connectivity index (χ1v) is 7.43. The molecule has 112 valence electrons. The van der Waals surface area contributed by atoms with E-state index in [0.717, 1.165) is 11.3 Å². The van der Waals surface area contributed by atoms with E-state index in [0.29, 0.717) is 5.82 Å². The normalized spacial score (nSPS) is 19.5. The summed E-state index contributed by atoms with van der Waals surface area (Å²) in [4.78, 5) is 30.6. The lowest BCUT2D eigenvalue weighted by molar-refractivity contribution is -0.122. The molecule has 0 saturated carbocycles. The number of rotatable bonds is 3. The molecule has 22 heavy (non-hydrogen) atoms. The highest BCUT2D eigenvalue weighted by atomic mass is 16.2. The number of imide groups is 1. The number of anilines is 1. The average molecular weight is 294 g/mol. The summed E-state index contributed by atoms with van der Waals surface area (Å²) < 4.78 is 0. The summed E-state index contributed by atoms with van der Waals surface area (Å²) in [6.45, 7) is 3.84. The van der Waals surface area contributed by atoms with Crippen LogP contribution >= 0.6 is 0 Å². The summed E-state index contributed by atoms with van der Waals surface area (Å²) in [5, 5.41) is 0. The molecule has 0 bridgehead atoms. The molecule has 1 saturated heterocycles. The van der Waals surface area contributed by atoms with Crippen molar-refractivity contribution in [1.29, 1.82) is 0 Å². The van der Waals surface area contributed by atoms with Crippen molar-refractivity contribution in [2.24, 2.45) is 5.92 Å². The quantitative estimate of drug-likeness (QED) is 0.817. The summed E-state index contributed by atoms with van der Waals surface area (Å²) in [6, 6.07) is 15.2. The van der Waals surface area contributed by atoms with Crippen LogP contribution in [0.5, 0.6) is 0 Å². The Morgan fingerprint density at radius 2 is 1.82 bits per heavy atom. The Morgan fingerprint density at radius 1 is 1.09 bits per heavy atom. The van der Waals surface area contributed by atoms with Crippen LogP contribution in [0.25, 0.3) is 0 Å². The zero-order valence-corrected chi connectivity index (χ0v) is 12.7. The molecule has 4 nitrogen and oxygen atoms in total. The average Bonchev–Trinajstić information content (AvgIpc) is 2.82. The van der Waals surface area contributed by atoms with Gasteiger partial charge in [0, 0.05) is 12.1 Å². The topological polar surface area (TPSA) is 50.3 Å². The number of nitrogens with zero attached hydrogens (tertiary/aromatic N) is 2. The van der Waals surface area contributed by atoms with Gasteiger partial charge in [-0.1, -0.05) is 43.3 Å². The van der Waals surface area contributed by atoms with Crippen molar-refractivity contribution < 1.29 is 9.59 Å². The first-order chi connectivity index (χ1) is 10.6. The molecule has 0 N–H and O–H groups in total. The highest BCUT2D eigenvalue weighted by Gasteiger charge is 2.43. The second-order valence-corrected chi connectivity index (χ2v) is 5.71. The maximum Gasteiger partial charge on any atom is 0.239 e. The summed E-state index contributed by atoms with van der Waals surface area (Å²) in [7, 11) is 0. The van der Waals surface area contributed by atoms with E-state index in [1.54, 1.807) is 6.07 Å². The molecule has 1 aliphatic rings. The van der Waals surface area contributed by atoms with Gasteiger partial charge in [-0.05, 0) is 30.5 Å². The Labute approximate surface area is 129 Å². The van der Waals surface area contributed by atoms with E-state index in [9.17, 15) is 9.59 Å². The van der Waals surface area contributed by atoms with Gasteiger partial charge < -0.3 is 0 Å². The molecule has 2 amide bonds. The summed E-state index contributed by atoms with van der Waals surface area (Å²) in [5.41, 5.74) is 1.87. The molecule has 0 aliphatic carbocycles. The number of hydrogen-bond donors (Lipinski definition) is 0. The van der Waals surface area contributed by atoms with Crippen molar-refractivity contribution in [2.75, 3.05) is 4.90 Å². The number of benzene rings is 1. The molecule has 1 aromatic heterocycles. The van der Waals surface area contributed by atoms with Gasteiger partial charge in [-0.25, -0.2) is 9.88 Å². The van der Waals surface area contributed by atoms with Crippen molar-refractivity contribution in [3.05, 3.63) is 59.8 Å². The number of pyridine rings is 1. The molecule has 1 aliphatic heterocycles. The monoisotopic (exact) mass is 294 g/mol. The second-order valence-electron chi connectivity index (χ2n) is 5.71. The van der Waals surface area contributed by atoms with Gasteiger partial charge in [0.15, 0.2) is 0 Å². The van der Waals surface area contributed by atoms with E-state index < -0.39 is 0 Å². The number of carbonyl (C=O) groups excluding carboxylic acids is 2. The highest BCUT2D eigenvalue weighted by molar-refractivity contribution is 6.20. The standard InChI is InChI=1S/C18H18N2O2/c1-12-7-6-10-16(19-12)20-17(21)11-15(18(20)22)13(2)14-8-4-3-5-9-14/h3-10,13,15H,11H2,1-2H3/t13-,15-/m1/s1. The smallest absolute Gasteiger partial charge is 0.239 e. The van der Waals surface area contributed by atoms with Gasteiger partial charge in [0.05, 0.1) is 5.92 Å². The number of carbonyl (C=O) groups is 2. The molecule has 0 radical (unpaired) electrons. The third-order valence-electron chi connectivity index (χ3n) is 4.21. The lowest BCUT2D eigenvalue weighted by Crippen LogP contribution is -2.32. The van der Waals surface area contributed by atoms with Gasteiger partial charge in [0.25, 0.3) is 0 Å². The molecule has 2 aromatic rings. The predicted molar refractivity (Wildman–Crippen MR) is 84.4 cm³/mol. The lowest BCUT2D eigenvalue weighted by atomic mass is 9.86. The highest BCUT2D eigenvalue weighted by Crippen LogP contribution is 2.35. The van der Waals surface area contributed by atoms with Crippen molar-refractivity contribution >= 4 is 17.6 Å². The van der Waals surface area contributed by atoms with Crippen molar-refractivity contribution in [3.63, 3.8) is 0 Å². The second kappa shape index (κ2) is 5.72. The SMILES string of the molecule is Cc1cccc(N2C(=O)C[C@H]([C@H](C)c3ccccc3)C2=O)n1. The molecular weight excluding hydrogens is 276 g/mol. The van der Waals surface area contributed by atoms with Crippen LogP contribution in [0, 0.1) is 12.8 Å². The molecule has 2 heterocycles. The molecular formula is C18H18N2O2. The molecule has 4 heteroatoms. The Morgan fingerprint density at radius 3 is 2.50 bits per heavy atom. The van der Waals surface area contributed by atoms with Crippen LogP contribution in [0.4, 0.5) is 5.82 Å². The van der Waals surface area contributed by atoms with Gasteiger partial charge in [0.1, 0.15) is 5.82 Å². The number of aryl methyl sites for hydroxylation is 1. The minimum Gasteiger partial charge on any atom is -0.274 e. The largest absolute Gasteiger partial charge is 0.274 e. The number of aromatic nitrogens is 1. The van der Waals surface area contributed by atoms with Crippen LogP contribution in [0.1, 0.15) is 30.5 Å². The first kappa shape index (κ1) is 14.4. The molecule has 1 fully saturated rings. The Balaban J connectivity index is 1.89. The Bertz CT molecular complexity index is 712. The van der Waals surface area contributed by atoms with Crippen LogP contribution in [-0.4, -0.2) is 16.8 Å². The van der Waals surface area contributed by atoms with E-state index in [2.05, 4.69) is 4.98 Å². The summed E-state index contributed by atoms with van der Waals surface area (Å²) in [5.74, 6) is -0.210. The predicted octanol–water partition coefficient (Wildman–Crippen LogP) is 3.07. The van der Waals surface area contributed by atoms with Crippen molar-refractivity contribution in [1.82, 2.24) is 4.98 Å². The van der Waals surface area contributed by atoms with E-state index in [1.807, 2.05) is 56.3 Å². The molecule has 2 atom stereocenters. The van der Waals surface area contributed by atoms with Gasteiger partial charge >= 0.3 is 0 Å². The van der Waals surface area contributed by atoms with Crippen LogP contribution in [0.15, 0.2) is 48.5 Å². The molecule has 1 aromatic carbocycles. The van der Waals surface area contributed by atoms with E-state index >= 15 is 0 Å². The summed E-state index contributed by atoms with van der Waals surface area (Å²) in [6.07, 6.45) is 0.241. The molecule has 0 unspecified atom stereocenters. The number of hydrogen-bond acceptors (Lipinski definition) is 3. The zero-order chi connectivity index (χ0) is 15.7. The third kappa shape index (κ3) is 2.52. The molecule has 0 spiro atoms. The fourth-order valence-electron chi connectivity index (χ4n) is 2.93. The fourth-order valence-corrected chi connectivity index (χ4v) is 2.93. The van der Waals surface area contributed by atoms with Crippen molar-refractivity contribution in [2.45, 2.75) is 26.2 Å². The maximum absolute atomic E-state index is 12.7.